The minimum Gasteiger partial charge on any atom is -0.382 e. The van der Waals surface area contributed by atoms with E-state index in [4.69, 9.17) is 14.5 Å². The number of ether oxygens (including phenoxy) is 2. The number of methoxy groups -OCH3 is 1. The molecule has 144 valence electrons. The number of nitrogens with zero attached hydrogens (tertiary/aromatic N) is 6. The molecule has 4 rings (SSSR count). The van der Waals surface area contributed by atoms with Gasteiger partial charge in [0.25, 0.3) is 0 Å². The third kappa shape index (κ3) is 3.30. The SMILES string of the molecule is CCC(COC)n1cc(-c2c(C)nc3c(N4CCOCC4)nccn23)cn1. The predicted molar refractivity (Wildman–Crippen MR) is 103 cm³/mol. The van der Waals surface area contributed by atoms with Gasteiger partial charge >= 0.3 is 0 Å². The quantitative estimate of drug-likeness (QED) is 0.663. The first kappa shape index (κ1) is 17.9. The third-order valence-electron chi connectivity index (χ3n) is 5.09. The van der Waals surface area contributed by atoms with Gasteiger partial charge in [-0.2, -0.15) is 5.10 Å². The fourth-order valence-electron chi connectivity index (χ4n) is 3.66. The minimum atomic E-state index is 0.230. The standard InChI is InChI=1S/C19H26N6O2/c1-4-16(13-26-3)25-12-15(11-21-25)17-14(2)22-19-18(20-5-6-24(17)19)23-7-9-27-10-8-23/h5-6,11-12,16H,4,7-10,13H2,1-3H3. The molecule has 1 atom stereocenters. The van der Waals surface area contributed by atoms with E-state index < -0.39 is 0 Å². The van der Waals surface area contributed by atoms with E-state index in [9.17, 15) is 0 Å². The van der Waals surface area contributed by atoms with Crippen LogP contribution in [0.4, 0.5) is 5.82 Å². The molecule has 1 aliphatic heterocycles. The molecule has 1 unspecified atom stereocenters. The zero-order valence-corrected chi connectivity index (χ0v) is 16.1. The summed E-state index contributed by atoms with van der Waals surface area (Å²) in [6.45, 7) is 7.94. The maximum absolute atomic E-state index is 5.47. The molecule has 0 aromatic carbocycles. The molecule has 0 N–H and O–H groups in total. The molecule has 1 saturated heterocycles. The second kappa shape index (κ2) is 7.66. The maximum atomic E-state index is 5.47. The van der Waals surface area contributed by atoms with Crippen LogP contribution < -0.4 is 4.90 Å². The Morgan fingerprint density at radius 3 is 2.85 bits per heavy atom. The average Bonchev–Trinajstić information content (AvgIpc) is 3.30. The van der Waals surface area contributed by atoms with E-state index in [0.717, 1.165) is 61.1 Å². The van der Waals surface area contributed by atoms with Crippen LogP contribution in [0, 0.1) is 6.92 Å². The van der Waals surface area contributed by atoms with Crippen molar-refractivity contribution in [1.29, 1.82) is 0 Å². The topological polar surface area (TPSA) is 69.7 Å². The molecule has 0 aliphatic carbocycles. The van der Waals surface area contributed by atoms with Gasteiger partial charge in [-0.1, -0.05) is 6.92 Å². The summed E-state index contributed by atoms with van der Waals surface area (Å²) >= 11 is 0. The Bertz CT molecular complexity index is 912. The van der Waals surface area contributed by atoms with Crippen LogP contribution in [0.3, 0.4) is 0 Å². The summed E-state index contributed by atoms with van der Waals surface area (Å²) < 4.78 is 14.9. The minimum absolute atomic E-state index is 0.230. The van der Waals surface area contributed by atoms with Gasteiger partial charge < -0.3 is 14.4 Å². The van der Waals surface area contributed by atoms with Crippen molar-refractivity contribution in [2.45, 2.75) is 26.3 Å². The van der Waals surface area contributed by atoms with Crippen molar-refractivity contribution in [1.82, 2.24) is 24.1 Å². The summed E-state index contributed by atoms with van der Waals surface area (Å²) in [6, 6.07) is 0.230. The van der Waals surface area contributed by atoms with E-state index in [2.05, 4.69) is 32.5 Å². The molecule has 0 saturated carbocycles. The lowest BCUT2D eigenvalue weighted by molar-refractivity contribution is 0.122. The normalized spacial score (nSPS) is 16.2. The smallest absolute Gasteiger partial charge is 0.181 e. The van der Waals surface area contributed by atoms with Crippen LogP contribution in [-0.2, 0) is 9.47 Å². The van der Waals surface area contributed by atoms with Gasteiger partial charge in [-0.25, -0.2) is 9.97 Å². The van der Waals surface area contributed by atoms with E-state index >= 15 is 0 Å². The van der Waals surface area contributed by atoms with Crippen molar-refractivity contribution in [3.63, 3.8) is 0 Å². The first-order chi connectivity index (χ1) is 13.2. The Morgan fingerprint density at radius 1 is 1.30 bits per heavy atom. The highest BCUT2D eigenvalue weighted by Crippen LogP contribution is 2.29. The number of rotatable bonds is 6. The molecule has 0 spiro atoms. The number of hydrogen-bond acceptors (Lipinski definition) is 6. The van der Waals surface area contributed by atoms with E-state index in [-0.39, 0.29) is 6.04 Å². The Hall–Kier alpha value is -2.45. The molecule has 1 fully saturated rings. The Labute approximate surface area is 158 Å². The van der Waals surface area contributed by atoms with Crippen molar-refractivity contribution >= 4 is 11.5 Å². The highest BCUT2D eigenvalue weighted by molar-refractivity contribution is 5.73. The molecule has 0 bridgehead atoms. The van der Waals surface area contributed by atoms with Crippen LogP contribution in [0.1, 0.15) is 25.1 Å². The zero-order chi connectivity index (χ0) is 18.8. The number of aryl methyl sites for hydroxylation is 1. The van der Waals surface area contributed by atoms with Gasteiger partial charge in [-0.15, -0.1) is 0 Å². The lowest BCUT2D eigenvalue weighted by Crippen LogP contribution is -2.37. The average molecular weight is 370 g/mol. The fraction of sp³-hybridized carbons (Fsp3) is 0.526. The molecule has 8 nitrogen and oxygen atoms in total. The Kier molecular flexibility index (Phi) is 5.09. The van der Waals surface area contributed by atoms with Crippen LogP contribution in [0.5, 0.6) is 0 Å². The van der Waals surface area contributed by atoms with Gasteiger partial charge in [0.15, 0.2) is 11.5 Å². The van der Waals surface area contributed by atoms with E-state index in [1.165, 1.54) is 0 Å². The van der Waals surface area contributed by atoms with Gasteiger partial charge in [0.05, 0.1) is 43.4 Å². The Balaban J connectivity index is 1.75. The summed E-state index contributed by atoms with van der Waals surface area (Å²) in [5, 5.41) is 4.58. The van der Waals surface area contributed by atoms with Crippen molar-refractivity contribution < 1.29 is 9.47 Å². The molecule has 0 amide bonds. The van der Waals surface area contributed by atoms with Crippen molar-refractivity contribution in [3.05, 3.63) is 30.5 Å². The summed E-state index contributed by atoms with van der Waals surface area (Å²) in [5.41, 5.74) is 3.95. The summed E-state index contributed by atoms with van der Waals surface area (Å²) in [5.74, 6) is 0.911. The van der Waals surface area contributed by atoms with Gasteiger partial charge in [0.2, 0.25) is 0 Å². The van der Waals surface area contributed by atoms with Gasteiger partial charge in [0, 0.05) is 44.4 Å². The van der Waals surface area contributed by atoms with Crippen molar-refractivity contribution in [3.8, 4) is 11.3 Å². The van der Waals surface area contributed by atoms with Crippen LogP contribution >= 0.6 is 0 Å². The van der Waals surface area contributed by atoms with Crippen LogP contribution in [0.15, 0.2) is 24.8 Å². The second-order valence-electron chi connectivity index (χ2n) is 6.82. The molecule has 27 heavy (non-hydrogen) atoms. The van der Waals surface area contributed by atoms with E-state index in [1.807, 2.05) is 30.2 Å². The zero-order valence-electron chi connectivity index (χ0n) is 16.1. The lowest BCUT2D eigenvalue weighted by Gasteiger charge is -2.27. The number of aromatic nitrogens is 5. The number of imidazole rings is 1. The number of morpholine rings is 1. The predicted octanol–water partition coefficient (Wildman–Crippen LogP) is 2.34. The number of fused-ring (bicyclic) bond motifs is 1. The first-order valence-electron chi connectivity index (χ1n) is 9.42. The van der Waals surface area contributed by atoms with Gasteiger partial charge in [-0.3, -0.25) is 9.08 Å². The molecule has 4 heterocycles. The third-order valence-corrected chi connectivity index (χ3v) is 5.09. The number of hydrogen-bond donors (Lipinski definition) is 0. The molecule has 3 aromatic rings. The van der Waals surface area contributed by atoms with E-state index in [1.54, 1.807) is 7.11 Å². The van der Waals surface area contributed by atoms with Crippen molar-refractivity contribution in [2.75, 3.05) is 44.9 Å². The van der Waals surface area contributed by atoms with Gasteiger partial charge in [0.1, 0.15) is 0 Å². The second-order valence-corrected chi connectivity index (χ2v) is 6.82. The molecule has 0 radical (unpaired) electrons. The molecule has 8 heteroatoms. The molecule has 1 aliphatic rings. The van der Waals surface area contributed by atoms with Crippen molar-refractivity contribution in [2.24, 2.45) is 0 Å². The van der Waals surface area contributed by atoms with Crippen LogP contribution in [-0.4, -0.2) is 64.2 Å². The largest absolute Gasteiger partial charge is 0.382 e. The Morgan fingerprint density at radius 2 is 2.11 bits per heavy atom. The highest BCUT2D eigenvalue weighted by Gasteiger charge is 2.21. The maximum Gasteiger partial charge on any atom is 0.181 e. The van der Waals surface area contributed by atoms with Gasteiger partial charge in [-0.05, 0) is 13.3 Å². The molecular weight excluding hydrogens is 344 g/mol. The lowest BCUT2D eigenvalue weighted by atomic mass is 10.2. The first-order valence-corrected chi connectivity index (χ1v) is 9.42. The van der Waals surface area contributed by atoms with Crippen LogP contribution in [0.25, 0.3) is 16.9 Å². The fourth-order valence-corrected chi connectivity index (χ4v) is 3.66. The summed E-state index contributed by atoms with van der Waals surface area (Å²) in [6.07, 6.45) is 8.76. The molecular formula is C19H26N6O2. The monoisotopic (exact) mass is 370 g/mol. The molecule has 3 aromatic heterocycles. The van der Waals surface area contributed by atoms with Crippen LogP contribution in [0.2, 0.25) is 0 Å². The number of anilines is 1. The summed E-state index contributed by atoms with van der Waals surface area (Å²) in [7, 11) is 1.72. The highest BCUT2D eigenvalue weighted by atomic mass is 16.5. The van der Waals surface area contributed by atoms with E-state index in [0.29, 0.717) is 6.61 Å². The summed E-state index contributed by atoms with van der Waals surface area (Å²) in [4.78, 5) is 11.7.